The number of esters is 2. The van der Waals surface area contributed by atoms with Crippen LogP contribution in [0.1, 0.15) is 68.8 Å². The van der Waals surface area contributed by atoms with E-state index in [9.17, 15) is 24.8 Å². The quantitative estimate of drug-likeness (QED) is 0.152. The predicted octanol–water partition coefficient (Wildman–Crippen LogP) is 4.94. The van der Waals surface area contributed by atoms with Gasteiger partial charge >= 0.3 is 18.1 Å². The number of phenols is 1. The van der Waals surface area contributed by atoms with Gasteiger partial charge in [0.2, 0.25) is 6.79 Å². The van der Waals surface area contributed by atoms with Gasteiger partial charge < -0.3 is 43.0 Å². The molecule has 0 amide bonds. The average molecular weight is 841 g/mol. The van der Waals surface area contributed by atoms with E-state index in [2.05, 4.69) is 27.8 Å². The van der Waals surface area contributed by atoms with E-state index in [0.29, 0.717) is 70.2 Å². The van der Waals surface area contributed by atoms with Crippen LogP contribution in [0.4, 0.5) is 4.79 Å². The maximum atomic E-state index is 15.0. The van der Waals surface area contributed by atoms with Crippen LogP contribution in [-0.4, -0.2) is 98.1 Å². The fourth-order valence-corrected chi connectivity index (χ4v) is 12.1. The highest BCUT2D eigenvalue weighted by Crippen LogP contribution is 2.64. The van der Waals surface area contributed by atoms with E-state index in [0.717, 1.165) is 23.0 Å². The summed E-state index contributed by atoms with van der Waals surface area (Å²) in [4.78, 5) is 44.6. The van der Waals surface area contributed by atoms with Crippen molar-refractivity contribution in [3.8, 4) is 46.3 Å². The molecule has 1 spiro atoms. The van der Waals surface area contributed by atoms with Crippen LogP contribution in [0.5, 0.6) is 40.2 Å². The van der Waals surface area contributed by atoms with Crippen molar-refractivity contribution in [3.63, 3.8) is 0 Å². The Morgan fingerprint density at radius 3 is 2.55 bits per heavy atom. The lowest BCUT2D eigenvalue weighted by Gasteiger charge is -2.62. The Hall–Kier alpha value is -5.67. The van der Waals surface area contributed by atoms with Crippen molar-refractivity contribution in [2.24, 2.45) is 0 Å². The fourth-order valence-electron chi connectivity index (χ4n) is 10.4. The lowest BCUT2D eigenvalue weighted by Crippen LogP contribution is -2.69. The van der Waals surface area contributed by atoms with Crippen LogP contribution in [-0.2, 0) is 37.4 Å². The Morgan fingerprint density at radius 2 is 1.83 bits per heavy atom. The molecule has 7 atom stereocenters. The van der Waals surface area contributed by atoms with E-state index in [-0.39, 0.29) is 42.4 Å². The van der Waals surface area contributed by atoms with Crippen molar-refractivity contribution >= 4 is 29.9 Å². The average Bonchev–Trinajstić information content (AvgIpc) is 3.71. The van der Waals surface area contributed by atoms with Crippen molar-refractivity contribution in [2.45, 2.75) is 74.6 Å². The Kier molecular flexibility index (Phi) is 9.81. The standard InChI is InChI=1S/C43H44N4O12S/c1-8-54-42(51)59-29-13-22-9-10-45-43(24(22)14-28(29)52-6)17-60-40-32-31(39-38(56-18-57-39)20(3)37(32)58-21(4)48)27(16-55-41(43)50)47-26(15-44)25-12-23-11-19(2)36(53-7)35(49)30(23)33(34(40)47)46(25)5/h8,11,13-14,25-27,33-34,40,45,49H,1,9-10,12,16-18H2,2-7H3/t25-,26-,27-,33?,34?,40+,43+/m0/s1. The number of methoxy groups -OCH3 is 2. The predicted molar refractivity (Wildman–Crippen MR) is 214 cm³/mol. The molecule has 2 fully saturated rings. The molecule has 314 valence electrons. The number of benzene rings is 3. The minimum Gasteiger partial charge on any atom is -0.504 e. The molecule has 4 bridgehead atoms. The molecule has 3 aromatic rings. The van der Waals surface area contributed by atoms with Crippen LogP contribution in [0.25, 0.3) is 0 Å². The zero-order valence-electron chi connectivity index (χ0n) is 33.9. The van der Waals surface area contributed by atoms with Gasteiger partial charge in [-0.3, -0.25) is 19.9 Å². The van der Waals surface area contributed by atoms with Crippen LogP contribution < -0.4 is 33.7 Å². The molecule has 16 nitrogen and oxygen atoms in total. The van der Waals surface area contributed by atoms with Crippen LogP contribution in [0.15, 0.2) is 31.0 Å². The first kappa shape index (κ1) is 39.8. The van der Waals surface area contributed by atoms with E-state index in [4.69, 9.17) is 37.9 Å². The third kappa shape index (κ3) is 5.71. The Morgan fingerprint density at radius 1 is 1.05 bits per heavy atom. The Balaban J connectivity index is 1.29. The van der Waals surface area contributed by atoms with Crippen molar-refractivity contribution in [2.75, 3.05) is 47.0 Å². The molecule has 17 heteroatoms. The highest BCUT2D eigenvalue weighted by atomic mass is 32.2. The number of rotatable bonds is 5. The Bertz CT molecular complexity index is 2420. The van der Waals surface area contributed by atoms with Gasteiger partial charge in [0.15, 0.2) is 40.0 Å². The van der Waals surface area contributed by atoms with Gasteiger partial charge in [-0.05, 0) is 68.1 Å². The number of hydrogen-bond acceptors (Lipinski definition) is 17. The number of likely N-dealkylation sites (N-methyl/N-ethyl adjacent to an activating group) is 1. The van der Waals surface area contributed by atoms with Gasteiger partial charge in [-0.1, -0.05) is 12.6 Å². The number of carbonyl (C=O) groups is 3. The fraction of sp³-hybridized carbons (Fsp3) is 0.442. The number of nitriles is 1. The van der Waals surface area contributed by atoms with Crippen molar-refractivity contribution < 1.29 is 57.4 Å². The summed E-state index contributed by atoms with van der Waals surface area (Å²) in [6.45, 7) is 8.51. The van der Waals surface area contributed by atoms with E-state index in [1.165, 1.54) is 32.9 Å². The topological polar surface area (TPSA) is 188 Å². The van der Waals surface area contributed by atoms with Crippen LogP contribution in [0, 0.1) is 25.2 Å². The van der Waals surface area contributed by atoms with Gasteiger partial charge in [-0.25, -0.2) is 9.59 Å². The van der Waals surface area contributed by atoms with Gasteiger partial charge in [0, 0.05) is 53.6 Å². The summed E-state index contributed by atoms with van der Waals surface area (Å²) in [7, 11) is 4.92. The lowest BCUT2D eigenvalue weighted by molar-refractivity contribution is -0.157. The number of nitrogens with zero attached hydrogens (tertiary/aromatic N) is 3. The highest BCUT2D eigenvalue weighted by Gasteiger charge is 2.62. The number of ether oxygens (including phenoxy) is 8. The highest BCUT2D eigenvalue weighted by molar-refractivity contribution is 7.99. The van der Waals surface area contributed by atoms with Crippen molar-refractivity contribution in [3.05, 3.63) is 75.5 Å². The zero-order chi connectivity index (χ0) is 42.4. The summed E-state index contributed by atoms with van der Waals surface area (Å²) in [5, 5.41) is 26.2. The zero-order valence-corrected chi connectivity index (χ0v) is 34.7. The molecular weight excluding hydrogens is 797 g/mol. The third-order valence-corrected chi connectivity index (χ3v) is 14.3. The SMILES string of the molecule is C=COC(=O)Oc1cc2c(cc1OC)[C@@]1(CS[C@@H]3c4c(OC(C)=O)c(C)c5c(c4[C@H](COC1=O)N1C3C3c4c(cc(C)c(OC)c4O)C[C@@H]([C@@H]1C#N)N3C)OCO5)NCC2. The number of nitrogens with one attached hydrogen (secondary N) is 1. The minimum atomic E-state index is -1.45. The molecular formula is C43H44N4O12S. The number of phenolic OH excluding ortho intramolecular Hbond substituents is 1. The third-order valence-electron chi connectivity index (χ3n) is 12.8. The first-order chi connectivity index (χ1) is 28.9. The van der Waals surface area contributed by atoms with Crippen molar-refractivity contribution in [1.82, 2.24) is 15.1 Å². The summed E-state index contributed by atoms with van der Waals surface area (Å²) < 4.78 is 46.6. The maximum Gasteiger partial charge on any atom is 0.518 e. The van der Waals surface area contributed by atoms with Gasteiger partial charge in [0.05, 0.1) is 43.9 Å². The summed E-state index contributed by atoms with van der Waals surface area (Å²) in [5.41, 5.74) is 4.03. The molecule has 7 aliphatic heterocycles. The lowest BCUT2D eigenvalue weighted by atomic mass is 9.71. The van der Waals surface area contributed by atoms with Crippen LogP contribution in [0.3, 0.4) is 0 Å². The van der Waals surface area contributed by atoms with E-state index in [1.54, 1.807) is 12.1 Å². The molecule has 0 saturated carbocycles. The number of carbonyl (C=O) groups excluding carboxylic acids is 3. The molecule has 2 unspecified atom stereocenters. The van der Waals surface area contributed by atoms with E-state index in [1.807, 2.05) is 27.0 Å². The monoisotopic (exact) mass is 840 g/mol. The summed E-state index contributed by atoms with van der Waals surface area (Å²) in [6, 6.07) is 5.06. The number of thioether (sulfide) groups is 1. The summed E-state index contributed by atoms with van der Waals surface area (Å²) in [6.07, 6.45) is 0.901. The summed E-state index contributed by atoms with van der Waals surface area (Å²) >= 11 is 1.44. The molecule has 10 rings (SSSR count). The smallest absolute Gasteiger partial charge is 0.504 e. The molecule has 2 saturated heterocycles. The molecule has 0 aromatic heterocycles. The largest absolute Gasteiger partial charge is 0.518 e. The molecule has 7 heterocycles. The molecule has 7 aliphatic rings. The number of hydrogen-bond donors (Lipinski definition) is 2. The maximum absolute atomic E-state index is 15.0. The Labute approximate surface area is 350 Å². The first-order valence-electron chi connectivity index (χ1n) is 19.6. The normalized spacial score (nSPS) is 27.2. The van der Waals surface area contributed by atoms with E-state index >= 15 is 0 Å². The molecule has 3 aromatic carbocycles. The van der Waals surface area contributed by atoms with Gasteiger partial charge in [-0.2, -0.15) is 5.26 Å². The first-order valence-corrected chi connectivity index (χ1v) is 20.6. The second-order valence-corrected chi connectivity index (χ2v) is 16.8. The minimum absolute atomic E-state index is 0.0197. The number of fused-ring (bicyclic) bond motifs is 9. The summed E-state index contributed by atoms with van der Waals surface area (Å²) in [5.74, 6) is 0.796. The molecule has 2 N–H and O–H groups in total. The van der Waals surface area contributed by atoms with Gasteiger partial charge in [-0.15, -0.1) is 11.8 Å². The molecule has 0 aliphatic carbocycles. The van der Waals surface area contributed by atoms with Gasteiger partial charge in [0.1, 0.15) is 18.4 Å². The van der Waals surface area contributed by atoms with E-state index < -0.39 is 53.1 Å². The molecule has 60 heavy (non-hydrogen) atoms. The van der Waals surface area contributed by atoms with Crippen LogP contribution in [0.2, 0.25) is 0 Å². The van der Waals surface area contributed by atoms with Gasteiger partial charge in [0.25, 0.3) is 0 Å². The van der Waals surface area contributed by atoms with Crippen LogP contribution >= 0.6 is 11.8 Å². The number of piperazine rings is 1. The second kappa shape index (κ2) is 14.8. The number of aryl methyl sites for hydroxylation is 1. The number of aromatic hydroxyl groups is 1. The second-order valence-electron chi connectivity index (χ2n) is 15.7. The van der Waals surface area contributed by atoms with Crippen molar-refractivity contribution in [1.29, 1.82) is 5.26 Å². The molecule has 0 radical (unpaired) electrons.